The van der Waals surface area contributed by atoms with Gasteiger partial charge in [-0.25, -0.2) is 4.68 Å². The lowest BCUT2D eigenvalue weighted by Crippen LogP contribution is -2.26. The molecule has 0 radical (unpaired) electrons. The fourth-order valence-electron chi connectivity index (χ4n) is 2.32. The van der Waals surface area contributed by atoms with E-state index in [4.69, 9.17) is 11.6 Å². The molecule has 0 saturated heterocycles. The lowest BCUT2D eigenvalue weighted by Gasteiger charge is -2.15. The molecular formula is C13H20ClN3O. The van der Waals surface area contributed by atoms with E-state index >= 15 is 0 Å². The third-order valence-corrected chi connectivity index (χ3v) is 3.79. The summed E-state index contributed by atoms with van der Waals surface area (Å²) in [5.41, 5.74) is 0.495. The molecule has 0 amide bonds. The van der Waals surface area contributed by atoms with Crippen LogP contribution in [0.25, 0.3) is 0 Å². The second-order valence-corrected chi connectivity index (χ2v) is 5.26. The molecule has 5 heteroatoms. The molecule has 1 N–H and O–H groups in total. The summed E-state index contributed by atoms with van der Waals surface area (Å²) in [6.07, 6.45) is 8.45. The Morgan fingerprint density at radius 1 is 1.50 bits per heavy atom. The van der Waals surface area contributed by atoms with Gasteiger partial charge in [-0.3, -0.25) is 4.79 Å². The maximum absolute atomic E-state index is 12.0. The molecule has 1 aromatic rings. The van der Waals surface area contributed by atoms with Gasteiger partial charge in [0.05, 0.1) is 11.9 Å². The van der Waals surface area contributed by atoms with Gasteiger partial charge < -0.3 is 5.32 Å². The summed E-state index contributed by atoms with van der Waals surface area (Å²) in [6, 6.07) is 0.440. The molecule has 1 aliphatic rings. The normalized spacial score (nSPS) is 16.1. The van der Waals surface area contributed by atoms with Crippen LogP contribution in [-0.2, 0) is 6.54 Å². The molecule has 100 valence electrons. The zero-order valence-corrected chi connectivity index (χ0v) is 11.5. The maximum Gasteiger partial charge on any atom is 0.287 e. The molecule has 0 atom stereocenters. The Balaban J connectivity index is 2.12. The molecule has 0 aromatic carbocycles. The van der Waals surface area contributed by atoms with E-state index in [0.29, 0.717) is 18.3 Å². The first-order chi connectivity index (χ1) is 8.72. The maximum atomic E-state index is 12.0. The quantitative estimate of drug-likeness (QED) is 0.894. The molecule has 1 fully saturated rings. The van der Waals surface area contributed by atoms with Crippen molar-refractivity contribution in [2.75, 3.05) is 5.32 Å². The molecule has 1 saturated carbocycles. The van der Waals surface area contributed by atoms with E-state index in [0.717, 1.165) is 25.7 Å². The third-order valence-electron chi connectivity index (χ3n) is 3.42. The van der Waals surface area contributed by atoms with Crippen LogP contribution in [0.2, 0.25) is 5.02 Å². The summed E-state index contributed by atoms with van der Waals surface area (Å²) in [6.45, 7) is 2.72. The van der Waals surface area contributed by atoms with Crippen molar-refractivity contribution in [3.05, 3.63) is 21.6 Å². The first kappa shape index (κ1) is 13.4. The predicted molar refractivity (Wildman–Crippen MR) is 74.3 cm³/mol. The first-order valence-corrected chi connectivity index (χ1v) is 7.12. The van der Waals surface area contributed by atoms with Gasteiger partial charge in [-0.2, -0.15) is 5.10 Å². The lowest BCUT2D eigenvalue weighted by atomic mass is 10.2. The summed E-state index contributed by atoms with van der Waals surface area (Å²) in [4.78, 5) is 12.0. The van der Waals surface area contributed by atoms with E-state index < -0.39 is 0 Å². The average molecular weight is 270 g/mol. The predicted octanol–water partition coefficient (Wildman–Crippen LogP) is 3.05. The number of halogens is 1. The third kappa shape index (κ3) is 3.05. The number of nitrogens with one attached hydrogen (secondary N) is 1. The zero-order valence-electron chi connectivity index (χ0n) is 10.8. The van der Waals surface area contributed by atoms with Crippen LogP contribution in [-0.4, -0.2) is 15.8 Å². The molecule has 1 aliphatic carbocycles. The van der Waals surface area contributed by atoms with Crippen LogP contribution in [0.1, 0.15) is 45.4 Å². The second kappa shape index (κ2) is 6.23. The van der Waals surface area contributed by atoms with Gasteiger partial charge in [0.15, 0.2) is 0 Å². The number of nitrogens with zero attached hydrogens (tertiary/aromatic N) is 2. The molecule has 0 aliphatic heterocycles. The molecule has 1 aromatic heterocycles. The van der Waals surface area contributed by atoms with Crippen LogP contribution in [0.3, 0.4) is 0 Å². The number of anilines is 1. The van der Waals surface area contributed by atoms with Crippen molar-refractivity contribution in [3.63, 3.8) is 0 Å². The van der Waals surface area contributed by atoms with E-state index in [9.17, 15) is 4.79 Å². The number of aryl methyl sites for hydroxylation is 1. The molecule has 0 bridgehead atoms. The summed E-state index contributed by atoms with van der Waals surface area (Å²) < 4.78 is 1.45. The van der Waals surface area contributed by atoms with Crippen LogP contribution in [0.5, 0.6) is 0 Å². The van der Waals surface area contributed by atoms with Gasteiger partial charge in [0, 0.05) is 12.6 Å². The van der Waals surface area contributed by atoms with E-state index in [1.807, 2.05) is 0 Å². The standard InChI is InChI=1S/C13H20ClN3O/c1-2-3-8-17-13(18)12(14)11(9-15-17)16-10-6-4-5-7-10/h9-10,16H,2-8H2,1H3. The topological polar surface area (TPSA) is 46.9 Å². The van der Waals surface area contributed by atoms with Crippen LogP contribution < -0.4 is 10.9 Å². The summed E-state index contributed by atoms with van der Waals surface area (Å²) >= 11 is 6.12. The highest BCUT2D eigenvalue weighted by Crippen LogP contribution is 2.24. The summed E-state index contributed by atoms with van der Waals surface area (Å²) in [5.74, 6) is 0. The number of hydrogen-bond acceptors (Lipinski definition) is 3. The van der Waals surface area contributed by atoms with Crippen molar-refractivity contribution in [1.82, 2.24) is 9.78 Å². The average Bonchev–Trinajstić information content (AvgIpc) is 2.87. The van der Waals surface area contributed by atoms with Crippen molar-refractivity contribution < 1.29 is 0 Å². The fourth-order valence-corrected chi connectivity index (χ4v) is 2.52. The van der Waals surface area contributed by atoms with Gasteiger partial charge in [0.1, 0.15) is 5.02 Å². The van der Waals surface area contributed by atoms with Crippen LogP contribution in [0.4, 0.5) is 5.69 Å². The van der Waals surface area contributed by atoms with Crippen LogP contribution in [0.15, 0.2) is 11.0 Å². The lowest BCUT2D eigenvalue weighted by molar-refractivity contribution is 0.543. The van der Waals surface area contributed by atoms with Gasteiger partial charge in [0.25, 0.3) is 5.56 Å². The van der Waals surface area contributed by atoms with Crippen LogP contribution in [0, 0.1) is 0 Å². The molecule has 1 heterocycles. The Kier molecular flexibility index (Phi) is 4.64. The van der Waals surface area contributed by atoms with Crippen molar-refractivity contribution in [1.29, 1.82) is 0 Å². The number of aromatic nitrogens is 2. The summed E-state index contributed by atoms with van der Waals surface area (Å²) in [5, 5.41) is 7.77. The van der Waals surface area contributed by atoms with E-state index in [-0.39, 0.29) is 10.6 Å². The van der Waals surface area contributed by atoms with E-state index in [1.54, 1.807) is 6.20 Å². The van der Waals surface area contributed by atoms with E-state index in [2.05, 4.69) is 17.3 Å². The van der Waals surface area contributed by atoms with Gasteiger partial charge in [0.2, 0.25) is 0 Å². The highest BCUT2D eigenvalue weighted by atomic mass is 35.5. The Hall–Kier alpha value is -1.03. The van der Waals surface area contributed by atoms with Crippen molar-refractivity contribution in [2.24, 2.45) is 0 Å². The first-order valence-electron chi connectivity index (χ1n) is 6.74. The van der Waals surface area contributed by atoms with Gasteiger partial charge in [-0.15, -0.1) is 0 Å². The smallest absolute Gasteiger partial charge is 0.287 e. The second-order valence-electron chi connectivity index (χ2n) is 4.88. The zero-order chi connectivity index (χ0) is 13.0. The molecule has 0 spiro atoms. The number of hydrogen-bond donors (Lipinski definition) is 1. The van der Waals surface area contributed by atoms with Crippen LogP contribution >= 0.6 is 11.6 Å². The van der Waals surface area contributed by atoms with Crippen molar-refractivity contribution in [3.8, 4) is 0 Å². The van der Waals surface area contributed by atoms with Gasteiger partial charge >= 0.3 is 0 Å². The molecule has 18 heavy (non-hydrogen) atoms. The Morgan fingerprint density at radius 3 is 2.89 bits per heavy atom. The minimum Gasteiger partial charge on any atom is -0.380 e. The largest absolute Gasteiger partial charge is 0.380 e. The Bertz CT molecular complexity index is 452. The van der Waals surface area contributed by atoms with Crippen molar-refractivity contribution in [2.45, 2.75) is 58.0 Å². The SMILES string of the molecule is CCCCn1ncc(NC2CCCC2)c(Cl)c1=O. The van der Waals surface area contributed by atoms with Crippen molar-refractivity contribution >= 4 is 17.3 Å². The van der Waals surface area contributed by atoms with Gasteiger partial charge in [-0.1, -0.05) is 37.8 Å². The number of unbranched alkanes of at least 4 members (excludes halogenated alkanes) is 1. The molecule has 4 nitrogen and oxygen atoms in total. The summed E-state index contributed by atoms with van der Waals surface area (Å²) in [7, 11) is 0. The Morgan fingerprint density at radius 2 is 2.22 bits per heavy atom. The molecular weight excluding hydrogens is 250 g/mol. The Labute approximate surface area is 112 Å². The molecule has 0 unspecified atom stereocenters. The number of rotatable bonds is 5. The minimum atomic E-state index is -0.187. The van der Waals surface area contributed by atoms with E-state index in [1.165, 1.54) is 17.5 Å². The highest BCUT2D eigenvalue weighted by Gasteiger charge is 2.17. The minimum absolute atomic E-state index is 0.187. The highest BCUT2D eigenvalue weighted by molar-refractivity contribution is 6.32. The monoisotopic (exact) mass is 269 g/mol. The van der Waals surface area contributed by atoms with Gasteiger partial charge in [-0.05, 0) is 19.3 Å². The molecule has 2 rings (SSSR count). The fraction of sp³-hybridized carbons (Fsp3) is 0.692.